The number of rotatable bonds is 4. The van der Waals surface area contributed by atoms with Gasteiger partial charge < -0.3 is 9.73 Å². The minimum absolute atomic E-state index is 0.165. The summed E-state index contributed by atoms with van der Waals surface area (Å²) in [5, 5.41) is 3.28. The molecule has 0 aliphatic carbocycles. The Labute approximate surface area is 122 Å². The molecule has 1 atom stereocenters. The maximum absolute atomic E-state index is 13.6. The summed E-state index contributed by atoms with van der Waals surface area (Å²) in [4.78, 5) is 0. The third-order valence-corrected chi connectivity index (χ3v) is 3.89. The molecule has 1 heterocycles. The van der Waals surface area contributed by atoms with Gasteiger partial charge in [0.1, 0.15) is 11.6 Å². The predicted octanol–water partition coefficient (Wildman–Crippen LogP) is 4.64. The van der Waals surface area contributed by atoms with Crippen molar-refractivity contribution >= 4 is 31.9 Å². The van der Waals surface area contributed by atoms with E-state index in [1.54, 1.807) is 12.3 Å². The van der Waals surface area contributed by atoms with Gasteiger partial charge in [0.05, 0.1) is 21.3 Å². The normalized spacial score (nSPS) is 12.7. The highest BCUT2D eigenvalue weighted by Gasteiger charge is 2.20. The summed E-state index contributed by atoms with van der Waals surface area (Å²) in [5.41, 5.74) is 0.827. The summed E-state index contributed by atoms with van der Waals surface area (Å²) in [6.45, 7) is 2.76. The number of nitrogens with one attached hydrogen (secondary N) is 1. The van der Waals surface area contributed by atoms with Crippen molar-refractivity contribution in [1.82, 2.24) is 5.32 Å². The Kier molecular flexibility index (Phi) is 4.59. The second kappa shape index (κ2) is 5.99. The van der Waals surface area contributed by atoms with Crippen molar-refractivity contribution in [3.63, 3.8) is 0 Å². The molecule has 5 heteroatoms. The third kappa shape index (κ3) is 2.84. The fourth-order valence-corrected chi connectivity index (χ4v) is 2.45. The van der Waals surface area contributed by atoms with Crippen molar-refractivity contribution in [2.45, 2.75) is 13.0 Å². The number of hydrogen-bond acceptors (Lipinski definition) is 2. The Balaban J connectivity index is 2.41. The molecule has 18 heavy (non-hydrogen) atoms. The van der Waals surface area contributed by atoms with Crippen LogP contribution in [0.2, 0.25) is 0 Å². The number of hydrogen-bond donors (Lipinski definition) is 1. The monoisotopic (exact) mass is 375 g/mol. The van der Waals surface area contributed by atoms with E-state index < -0.39 is 0 Å². The van der Waals surface area contributed by atoms with Crippen LogP contribution in [0.15, 0.2) is 43.9 Å². The maximum atomic E-state index is 13.6. The molecule has 0 saturated heterocycles. The molecule has 0 saturated carbocycles. The van der Waals surface area contributed by atoms with Crippen LogP contribution in [-0.4, -0.2) is 6.54 Å². The van der Waals surface area contributed by atoms with Gasteiger partial charge in [0, 0.05) is 0 Å². The quantitative estimate of drug-likeness (QED) is 0.840. The molecule has 0 aliphatic heterocycles. The van der Waals surface area contributed by atoms with E-state index in [1.807, 2.05) is 19.1 Å². The summed E-state index contributed by atoms with van der Waals surface area (Å²) in [7, 11) is 0. The van der Waals surface area contributed by atoms with Gasteiger partial charge in [-0.2, -0.15) is 0 Å². The summed E-state index contributed by atoms with van der Waals surface area (Å²) < 4.78 is 20.4. The van der Waals surface area contributed by atoms with Gasteiger partial charge in [-0.25, -0.2) is 4.39 Å². The molecule has 0 amide bonds. The molecule has 0 radical (unpaired) electrons. The first kappa shape index (κ1) is 13.8. The summed E-state index contributed by atoms with van der Waals surface area (Å²) >= 11 is 6.58. The average Bonchev–Trinajstić information content (AvgIpc) is 2.76. The molecule has 1 N–H and O–H groups in total. The highest BCUT2D eigenvalue weighted by atomic mass is 79.9. The summed E-state index contributed by atoms with van der Waals surface area (Å²) in [6.07, 6.45) is 1.61. The van der Waals surface area contributed by atoms with Crippen LogP contribution in [0.1, 0.15) is 24.3 Å². The predicted molar refractivity (Wildman–Crippen MR) is 76.0 cm³/mol. The lowest BCUT2D eigenvalue weighted by Crippen LogP contribution is -2.22. The fraction of sp³-hybridized carbons (Fsp3) is 0.231. The van der Waals surface area contributed by atoms with Gasteiger partial charge >= 0.3 is 0 Å². The highest BCUT2D eigenvalue weighted by molar-refractivity contribution is 9.10. The van der Waals surface area contributed by atoms with Gasteiger partial charge in [-0.15, -0.1) is 0 Å². The number of benzene rings is 1. The minimum Gasteiger partial charge on any atom is -0.466 e. The lowest BCUT2D eigenvalue weighted by atomic mass is 10.0. The minimum atomic E-state index is -0.280. The van der Waals surface area contributed by atoms with E-state index in [9.17, 15) is 4.39 Å². The Hall–Kier alpha value is -0.650. The van der Waals surface area contributed by atoms with E-state index in [4.69, 9.17) is 4.42 Å². The Morgan fingerprint density at radius 2 is 2.06 bits per heavy atom. The van der Waals surface area contributed by atoms with E-state index in [1.165, 1.54) is 6.07 Å². The van der Waals surface area contributed by atoms with E-state index in [2.05, 4.69) is 37.2 Å². The van der Waals surface area contributed by atoms with Crippen LogP contribution < -0.4 is 5.32 Å². The second-order valence-electron chi connectivity index (χ2n) is 3.80. The van der Waals surface area contributed by atoms with E-state index >= 15 is 0 Å². The SMILES string of the molecule is CCNC(c1ccc(Br)c(F)c1)c1occc1Br. The summed E-state index contributed by atoms with van der Waals surface area (Å²) in [5.74, 6) is 0.469. The van der Waals surface area contributed by atoms with Crippen molar-refractivity contribution < 1.29 is 8.81 Å². The van der Waals surface area contributed by atoms with Gasteiger partial charge in [0.25, 0.3) is 0 Å². The van der Waals surface area contributed by atoms with Crippen LogP contribution >= 0.6 is 31.9 Å². The molecule has 1 aromatic heterocycles. The summed E-state index contributed by atoms with van der Waals surface area (Å²) in [6, 6.07) is 6.74. The van der Waals surface area contributed by atoms with Crippen molar-refractivity contribution in [2.24, 2.45) is 0 Å². The average molecular weight is 377 g/mol. The first-order valence-electron chi connectivity index (χ1n) is 5.54. The van der Waals surface area contributed by atoms with Crippen LogP contribution in [0, 0.1) is 5.82 Å². The van der Waals surface area contributed by atoms with Crippen molar-refractivity contribution in [2.75, 3.05) is 6.54 Å². The molecule has 2 nitrogen and oxygen atoms in total. The lowest BCUT2D eigenvalue weighted by Gasteiger charge is -2.17. The van der Waals surface area contributed by atoms with Crippen LogP contribution in [0.5, 0.6) is 0 Å². The third-order valence-electron chi connectivity index (χ3n) is 2.59. The molecule has 0 bridgehead atoms. The van der Waals surface area contributed by atoms with Gasteiger partial charge in [0.15, 0.2) is 0 Å². The maximum Gasteiger partial charge on any atom is 0.139 e. The van der Waals surface area contributed by atoms with E-state index in [0.29, 0.717) is 4.47 Å². The highest BCUT2D eigenvalue weighted by Crippen LogP contribution is 2.31. The Bertz CT molecular complexity index is 542. The first-order valence-corrected chi connectivity index (χ1v) is 7.13. The zero-order chi connectivity index (χ0) is 13.1. The molecule has 0 aliphatic rings. The second-order valence-corrected chi connectivity index (χ2v) is 5.51. The standard InChI is InChI=1S/C13H12Br2FNO/c1-2-17-12(13-10(15)5-6-18-13)8-3-4-9(14)11(16)7-8/h3-7,12,17H,2H2,1H3. The Morgan fingerprint density at radius 1 is 1.28 bits per heavy atom. The van der Waals surface area contributed by atoms with Crippen LogP contribution in [0.3, 0.4) is 0 Å². The smallest absolute Gasteiger partial charge is 0.139 e. The van der Waals surface area contributed by atoms with E-state index in [0.717, 1.165) is 22.3 Å². The van der Waals surface area contributed by atoms with Crippen molar-refractivity contribution in [3.8, 4) is 0 Å². The molecule has 0 spiro atoms. The molecule has 2 rings (SSSR count). The first-order chi connectivity index (χ1) is 8.63. The largest absolute Gasteiger partial charge is 0.466 e. The van der Waals surface area contributed by atoms with Gasteiger partial charge in [-0.3, -0.25) is 0 Å². The fourth-order valence-electron chi connectivity index (χ4n) is 1.77. The van der Waals surface area contributed by atoms with Crippen LogP contribution in [0.4, 0.5) is 4.39 Å². The lowest BCUT2D eigenvalue weighted by molar-refractivity contribution is 0.448. The zero-order valence-electron chi connectivity index (χ0n) is 9.71. The van der Waals surface area contributed by atoms with Crippen molar-refractivity contribution in [1.29, 1.82) is 0 Å². The van der Waals surface area contributed by atoms with Crippen LogP contribution in [-0.2, 0) is 0 Å². The van der Waals surface area contributed by atoms with Crippen molar-refractivity contribution in [3.05, 3.63) is 56.6 Å². The molecule has 1 unspecified atom stereocenters. The molecule has 1 aromatic carbocycles. The van der Waals surface area contributed by atoms with Crippen LogP contribution in [0.25, 0.3) is 0 Å². The number of furan rings is 1. The van der Waals surface area contributed by atoms with Gasteiger partial charge in [0.2, 0.25) is 0 Å². The molecular weight excluding hydrogens is 365 g/mol. The molecule has 0 fully saturated rings. The molecule has 2 aromatic rings. The molecular formula is C13H12Br2FNO. The molecule has 96 valence electrons. The van der Waals surface area contributed by atoms with Gasteiger partial charge in [-0.1, -0.05) is 13.0 Å². The number of halogens is 3. The topological polar surface area (TPSA) is 25.2 Å². The van der Waals surface area contributed by atoms with E-state index in [-0.39, 0.29) is 11.9 Å². The Morgan fingerprint density at radius 3 is 2.61 bits per heavy atom. The van der Waals surface area contributed by atoms with Gasteiger partial charge in [-0.05, 0) is 62.2 Å². The zero-order valence-corrected chi connectivity index (χ0v) is 12.9.